The zero-order chi connectivity index (χ0) is 25.2. The number of fused-ring (bicyclic) bond motifs is 1. The van der Waals surface area contributed by atoms with Gasteiger partial charge in [-0.05, 0) is 38.8 Å². The Morgan fingerprint density at radius 3 is 2.49 bits per heavy atom. The van der Waals surface area contributed by atoms with Gasteiger partial charge >= 0.3 is 0 Å². The molecule has 0 unspecified atom stereocenters. The van der Waals surface area contributed by atoms with Gasteiger partial charge in [-0.2, -0.15) is 5.10 Å². The largest absolute Gasteiger partial charge is 0.355 e. The third kappa shape index (κ3) is 5.26. The van der Waals surface area contributed by atoms with Crippen LogP contribution in [0.3, 0.4) is 0 Å². The van der Waals surface area contributed by atoms with E-state index in [2.05, 4.69) is 26.1 Å². The van der Waals surface area contributed by atoms with Crippen LogP contribution in [-0.4, -0.2) is 40.4 Å². The van der Waals surface area contributed by atoms with E-state index in [0.29, 0.717) is 17.4 Å². The molecule has 0 aliphatic carbocycles. The van der Waals surface area contributed by atoms with E-state index >= 15 is 0 Å². The van der Waals surface area contributed by atoms with Crippen molar-refractivity contribution in [2.24, 2.45) is 0 Å². The summed E-state index contributed by atoms with van der Waals surface area (Å²) < 4.78 is 1.89. The van der Waals surface area contributed by atoms with Crippen molar-refractivity contribution in [3.63, 3.8) is 0 Å². The maximum absolute atomic E-state index is 13.5. The summed E-state index contributed by atoms with van der Waals surface area (Å²) in [6.07, 6.45) is 0.827. The van der Waals surface area contributed by atoms with Crippen LogP contribution in [0.5, 0.6) is 0 Å². The number of benzene rings is 2. The molecule has 3 aromatic rings. The number of hydrogen-bond acceptors (Lipinski definition) is 4. The molecule has 0 spiro atoms. The Morgan fingerprint density at radius 1 is 1.14 bits per heavy atom. The highest BCUT2D eigenvalue weighted by Gasteiger charge is 2.39. The van der Waals surface area contributed by atoms with E-state index < -0.39 is 5.54 Å². The van der Waals surface area contributed by atoms with Crippen LogP contribution in [0.4, 0.5) is 5.82 Å². The smallest absolute Gasteiger partial charge is 0.240 e. The molecule has 2 heterocycles. The van der Waals surface area contributed by atoms with Crippen LogP contribution in [0.15, 0.2) is 54.6 Å². The van der Waals surface area contributed by atoms with Gasteiger partial charge in [0.25, 0.3) is 0 Å². The molecule has 1 aromatic heterocycles. The van der Waals surface area contributed by atoms with Gasteiger partial charge in [-0.25, -0.2) is 4.68 Å². The first-order valence-corrected chi connectivity index (χ1v) is 13.3. The summed E-state index contributed by atoms with van der Waals surface area (Å²) in [5.41, 5.74) is 3.14. The second kappa shape index (κ2) is 10.5. The van der Waals surface area contributed by atoms with Gasteiger partial charge in [0.15, 0.2) is 0 Å². The SMILES string of the molecule is CCCNC(=O)CN1C(=O)CS[C@H](c2ccccc2Cl)c2c(-c3ccccc3)nn(C(C)(C)C)c21. The van der Waals surface area contributed by atoms with Crippen molar-refractivity contribution in [2.45, 2.75) is 44.9 Å². The summed E-state index contributed by atoms with van der Waals surface area (Å²) >= 11 is 8.21. The molecule has 8 heteroatoms. The highest BCUT2D eigenvalue weighted by atomic mass is 35.5. The quantitative estimate of drug-likeness (QED) is 0.465. The van der Waals surface area contributed by atoms with Crippen LogP contribution in [-0.2, 0) is 15.1 Å². The van der Waals surface area contributed by atoms with Crippen molar-refractivity contribution < 1.29 is 9.59 Å². The molecule has 6 nitrogen and oxygen atoms in total. The molecule has 1 atom stereocenters. The molecule has 0 fully saturated rings. The van der Waals surface area contributed by atoms with Crippen LogP contribution in [0, 0.1) is 0 Å². The number of carbonyl (C=O) groups excluding carboxylic acids is 2. The number of anilines is 1. The molecule has 184 valence electrons. The summed E-state index contributed by atoms with van der Waals surface area (Å²) in [5.74, 6) is 0.574. The van der Waals surface area contributed by atoms with E-state index in [1.54, 1.807) is 4.90 Å². The third-order valence-electron chi connectivity index (χ3n) is 5.83. The van der Waals surface area contributed by atoms with Crippen molar-refractivity contribution in [2.75, 3.05) is 23.7 Å². The van der Waals surface area contributed by atoms with Crippen LogP contribution in [0.25, 0.3) is 11.3 Å². The van der Waals surface area contributed by atoms with E-state index in [1.165, 1.54) is 11.8 Å². The molecular formula is C27H31ClN4O2S. The molecule has 0 radical (unpaired) electrons. The van der Waals surface area contributed by atoms with Crippen molar-refractivity contribution in [3.8, 4) is 11.3 Å². The molecule has 0 bridgehead atoms. The molecule has 1 aliphatic rings. The first-order chi connectivity index (χ1) is 16.7. The lowest BCUT2D eigenvalue weighted by atomic mass is 9.99. The minimum Gasteiger partial charge on any atom is -0.355 e. The number of nitrogens with zero attached hydrogens (tertiary/aromatic N) is 3. The van der Waals surface area contributed by atoms with Crippen LogP contribution >= 0.6 is 23.4 Å². The lowest BCUT2D eigenvalue weighted by Crippen LogP contribution is -2.43. The number of rotatable bonds is 6. The van der Waals surface area contributed by atoms with E-state index in [1.807, 2.05) is 66.2 Å². The Morgan fingerprint density at radius 2 is 1.83 bits per heavy atom. The highest BCUT2D eigenvalue weighted by molar-refractivity contribution is 8.00. The number of carbonyl (C=O) groups is 2. The summed E-state index contributed by atoms with van der Waals surface area (Å²) in [4.78, 5) is 27.9. The molecule has 1 N–H and O–H groups in total. The number of amides is 2. The Balaban J connectivity index is 2.00. The first-order valence-electron chi connectivity index (χ1n) is 11.8. The molecule has 0 saturated carbocycles. The van der Waals surface area contributed by atoms with Crippen LogP contribution in [0.1, 0.15) is 50.5 Å². The number of aromatic nitrogens is 2. The fourth-order valence-electron chi connectivity index (χ4n) is 4.19. The molecule has 2 amide bonds. The second-order valence-electron chi connectivity index (χ2n) is 9.58. The zero-order valence-corrected chi connectivity index (χ0v) is 22.1. The maximum Gasteiger partial charge on any atom is 0.240 e. The van der Waals surface area contributed by atoms with Gasteiger partial charge in [-0.3, -0.25) is 14.5 Å². The third-order valence-corrected chi connectivity index (χ3v) is 7.41. The van der Waals surface area contributed by atoms with Gasteiger partial charge in [0.1, 0.15) is 12.4 Å². The lowest BCUT2D eigenvalue weighted by molar-refractivity contribution is -0.122. The molecule has 0 saturated heterocycles. The minimum atomic E-state index is -0.435. The van der Waals surface area contributed by atoms with E-state index in [4.69, 9.17) is 16.7 Å². The molecule has 35 heavy (non-hydrogen) atoms. The fourth-order valence-corrected chi connectivity index (χ4v) is 5.74. The average Bonchev–Trinajstić information content (AvgIpc) is 3.17. The Labute approximate surface area is 216 Å². The molecule has 1 aliphatic heterocycles. The first kappa shape index (κ1) is 25.3. The predicted octanol–water partition coefficient (Wildman–Crippen LogP) is 5.65. The number of nitrogens with one attached hydrogen (secondary N) is 1. The number of thioether (sulfide) groups is 1. The summed E-state index contributed by atoms with van der Waals surface area (Å²) in [7, 11) is 0. The normalized spacial score (nSPS) is 16.1. The maximum atomic E-state index is 13.5. The minimum absolute atomic E-state index is 0.0579. The predicted molar refractivity (Wildman–Crippen MR) is 144 cm³/mol. The Hall–Kier alpha value is -2.77. The van der Waals surface area contributed by atoms with Crippen molar-refractivity contribution in [3.05, 3.63) is 70.7 Å². The van der Waals surface area contributed by atoms with Gasteiger partial charge in [0, 0.05) is 22.7 Å². The highest BCUT2D eigenvalue weighted by Crippen LogP contribution is 2.50. The van der Waals surface area contributed by atoms with Crippen molar-refractivity contribution >= 4 is 41.0 Å². The summed E-state index contributed by atoms with van der Waals surface area (Å²) in [6, 6.07) is 17.7. The van der Waals surface area contributed by atoms with Crippen molar-refractivity contribution in [1.29, 1.82) is 0 Å². The fraction of sp³-hybridized carbons (Fsp3) is 0.370. The zero-order valence-electron chi connectivity index (χ0n) is 20.5. The standard InChI is InChI=1S/C27H31ClN4O2S/c1-5-15-29-21(33)16-31-22(34)17-35-25(19-13-9-10-14-20(19)28)23-24(18-11-7-6-8-12-18)30-32(26(23)31)27(2,3)4/h6-14,25H,5,15-17H2,1-4H3,(H,29,33)/t25-/m1/s1. The Bertz CT molecular complexity index is 1220. The van der Waals surface area contributed by atoms with Crippen molar-refractivity contribution in [1.82, 2.24) is 15.1 Å². The average molecular weight is 511 g/mol. The van der Waals surface area contributed by atoms with E-state index in [-0.39, 0.29) is 29.4 Å². The van der Waals surface area contributed by atoms with E-state index in [0.717, 1.165) is 28.8 Å². The molecule has 2 aromatic carbocycles. The van der Waals surface area contributed by atoms with Gasteiger partial charge in [-0.15, -0.1) is 11.8 Å². The topological polar surface area (TPSA) is 67.2 Å². The summed E-state index contributed by atoms with van der Waals surface area (Å²) in [5, 5.41) is 8.39. The summed E-state index contributed by atoms with van der Waals surface area (Å²) in [6.45, 7) is 8.67. The number of hydrogen-bond donors (Lipinski definition) is 1. The van der Waals surface area contributed by atoms with Crippen LogP contribution in [0.2, 0.25) is 5.02 Å². The van der Waals surface area contributed by atoms with Crippen LogP contribution < -0.4 is 10.2 Å². The van der Waals surface area contributed by atoms with Gasteiger partial charge in [0.05, 0.1) is 22.2 Å². The van der Waals surface area contributed by atoms with Gasteiger partial charge in [0.2, 0.25) is 11.8 Å². The van der Waals surface area contributed by atoms with E-state index in [9.17, 15) is 9.59 Å². The molecular weight excluding hydrogens is 480 g/mol. The van der Waals surface area contributed by atoms with Gasteiger partial charge in [-0.1, -0.05) is 67.1 Å². The Kier molecular flexibility index (Phi) is 7.57. The molecule has 4 rings (SSSR count). The second-order valence-corrected chi connectivity index (χ2v) is 11.1. The monoisotopic (exact) mass is 510 g/mol. The number of halogens is 1. The van der Waals surface area contributed by atoms with Gasteiger partial charge < -0.3 is 5.32 Å². The lowest BCUT2D eigenvalue weighted by Gasteiger charge is -2.28.